The summed E-state index contributed by atoms with van der Waals surface area (Å²) in [6.45, 7) is 3.68. The van der Waals surface area contributed by atoms with Gasteiger partial charge in [0.2, 0.25) is 0 Å². The quantitative estimate of drug-likeness (QED) is 0.717. The number of benzene rings is 1. The molecule has 1 N–H and O–H groups in total. The van der Waals surface area contributed by atoms with Gasteiger partial charge in [-0.25, -0.2) is 4.39 Å². The average Bonchev–Trinajstić information content (AvgIpc) is 1.96. The van der Waals surface area contributed by atoms with E-state index < -0.39 is 5.82 Å². The van der Waals surface area contributed by atoms with Crippen LogP contribution in [0.5, 0.6) is 5.75 Å². The number of hydrogen-bond acceptors (Lipinski definition) is 1. The highest BCUT2D eigenvalue weighted by atomic mass is 35.5. The molecule has 12 heavy (non-hydrogen) atoms. The van der Waals surface area contributed by atoms with Crippen LogP contribution in [0.1, 0.15) is 25.3 Å². The van der Waals surface area contributed by atoms with Crippen LogP contribution in [0.15, 0.2) is 12.1 Å². The van der Waals surface area contributed by atoms with Crippen molar-refractivity contribution >= 4 is 11.6 Å². The lowest BCUT2D eigenvalue weighted by Crippen LogP contribution is -1.93. The summed E-state index contributed by atoms with van der Waals surface area (Å²) in [5.74, 6) is -0.413. The molecule has 0 bridgehead atoms. The molecule has 1 rings (SSSR count). The van der Waals surface area contributed by atoms with Crippen molar-refractivity contribution < 1.29 is 9.50 Å². The highest BCUT2D eigenvalue weighted by Gasteiger charge is 2.11. The Kier molecular flexibility index (Phi) is 2.58. The van der Waals surface area contributed by atoms with E-state index in [0.717, 1.165) is 0 Å². The molecule has 0 unspecified atom stereocenters. The Morgan fingerprint density at radius 1 is 1.42 bits per heavy atom. The van der Waals surface area contributed by atoms with E-state index in [1.54, 1.807) is 0 Å². The first-order chi connectivity index (χ1) is 5.52. The van der Waals surface area contributed by atoms with E-state index in [1.807, 2.05) is 13.8 Å². The fourth-order valence-corrected chi connectivity index (χ4v) is 1.24. The van der Waals surface area contributed by atoms with Crippen molar-refractivity contribution in [3.05, 3.63) is 28.5 Å². The maximum atomic E-state index is 13.2. The molecule has 0 aliphatic heterocycles. The summed E-state index contributed by atoms with van der Waals surface area (Å²) in [5, 5.41) is 9.09. The SMILES string of the molecule is CC(C)c1cc(O)cc(Cl)c1F. The normalized spacial score (nSPS) is 10.8. The number of phenolic OH excluding ortho intramolecular Hbond substituents is 1. The average molecular weight is 189 g/mol. The highest BCUT2D eigenvalue weighted by molar-refractivity contribution is 6.30. The minimum Gasteiger partial charge on any atom is -0.508 e. The molecule has 0 aliphatic rings. The Bertz CT molecular complexity index is 297. The first kappa shape index (κ1) is 9.33. The third kappa shape index (κ3) is 1.69. The van der Waals surface area contributed by atoms with Gasteiger partial charge in [-0.1, -0.05) is 25.4 Å². The summed E-state index contributed by atoms with van der Waals surface area (Å²) in [6.07, 6.45) is 0. The summed E-state index contributed by atoms with van der Waals surface area (Å²) in [7, 11) is 0. The smallest absolute Gasteiger partial charge is 0.145 e. The number of aromatic hydroxyl groups is 1. The monoisotopic (exact) mass is 188 g/mol. The lowest BCUT2D eigenvalue weighted by atomic mass is 10.0. The Morgan fingerprint density at radius 3 is 2.50 bits per heavy atom. The largest absolute Gasteiger partial charge is 0.508 e. The Labute approximate surface area is 75.8 Å². The van der Waals surface area contributed by atoms with Crippen LogP contribution in [-0.4, -0.2) is 5.11 Å². The van der Waals surface area contributed by atoms with E-state index in [4.69, 9.17) is 16.7 Å². The van der Waals surface area contributed by atoms with Crippen molar-refractivity contribution in [2.45, 2.75) is 19.8 Å². The van der Waals surface area contributed by atoms with Crippen LogP contribution < -0.4 is 0 Å². The molecule has 3 heteroatoms. The molecule has 0 saturated carbocycles. The van der Waals surface area contributed by atoms with Crippen LogP contribution >= 0.6 is 11.6 Å². The van der Waals surface area contributed by atoms with E-state index in [-0.39, 0.29) is 16.7 Å². The molecule has 66 valence electrons. The number of phenols is 1. The number of hydrogen-bond donors (Lipinski definition) is 1. The first-order valence-electron chi connectivity index (χ1n) is 3.70. The summed E-state index contributed by atoms with van der Waals surface area (Å²) < 4.78 is 13.2. The van der Waals surface area contributed by atoms with Crippen LogP contribution in [0.4, 0.5) is 4.39 Å². The second-order valence-electron chi connectivity index (χ2n) is 2.99. The maximum absolute atomic E-state index is 13.2. The molecular weight excluding hydrogens is 179 g/mol. The van der Waals surface area contributed by atoms with Crippen LogP contribution in [0.3, 0.4) is 0 Å². The van der Waals surface area contributed by atoms with Gasteiger partial charge in [0.1, 0.15) is 11.6 Å². The van der Waals surface area contributed by atoms with Gasteiger partial charge in [-0.15, -0.1) is 0 Å². The van der Waals surface area contributed by atoms with E-state index in [9.17, 15) is 4.39 Å². The van der Waals surface area contributed by atoms with Crippen LogP contribution in [-0.2, 0) is 0 Å². The molecule has 0 amide bonds. The first-order valence-corrected chi connectivity index (χ1v) is 4.08. The summed E-state index contributed by atoms with van der Waals surface area (Å²) in [6, 6.07) is 2.59. The predicted octanol–water partition coefficient (Wildman–Crippen LogP) is 3.31. The minimum absolute atomic E-state index is 0.00472. The van der Waals surface area contributed by atoms with Gasteiger partial charge in [0, 0.05) is 6.07 Å². The predicted molar refractivity (Wildman–Crippen MR) is 47.2 cm³/mol. The summed E-state index contributed by atoms with van der Waals surface area (Å²) in [5.41, 5.74) is 0.444. The lowest BCUT2D eigenvalue weighted by molar-refractivity contribution is 0.470. The second-order valence-corrected chi connectivity index (χ2v) is 3.39. The van der Waals surface area contributed by atoms with Gasteiger partial charge in [-0.3, -0.25) is 0 Å². The third-order valence-electron chi connectivity index (χ3n) is 1.66. The Hall–Kier alpha value is -0.760. The topological polar surface area (TPSA) is 20.2 Å². The zero-order valence-electron chi connectivity index (χ0n) is 6.94. The van der Waals surface area contributed by atoms with E-state index in [2.05, 4.69) is 0 Å². The molecule has 0 radical (unpaired) electrons. The van der Waals surface area contributed by atoms with Crippen LogP contribution in [0.2, 0.25) is 5.02 Å². The van der Waals surface area contributed by atoms with Gasteiger partial charge in [-0.2, -0.15) is 0 Å². The standard InChI is InChI=1S/C9H10ClFO/c1-5(2)7-3-6(12)4-8(10)9(7)11/h3-5,12H,1-2H3. The zero-order valence-corrected chi connectivity index (χ0v) is 7.69. The molecular formula is C9H10ClFO. The molecule has 1 nitrogen and oxygen atoms in total. The minimum atomic E-state index is -0.440. The highest BCUT2D eigenvalue weighted by Crippen LogP contribution is 2.28. The van der Waals surface area contributed by atoms with Gasteiger partial charge < -0.3 is 5.11 Å². The Balaban J connectivity index is 3.28. The third-order valence-corrected chi connectivity index (χ3v) is 1.94. The molecule has 0 aliphatic carbocycles. The van der Waals surface area contributed by atoms with E-state index in [1.165, 1.54) is 12.1 Å². The molecule has 0 atom stereocenters. The molecule has 0 heterocycles. The number of rotatable bonds is 1. The number of halogens is 2. The van der Waals surface area contributed by atoms with Gasteiger partial charge in [0.05, 0.1) is 5.02 Å². The maximum Gasteiger partial charge on any atom is 0.145 e. The van der Waals surface area contributed by atoms with Gasteiger partial charge >= 0.3 is 0 Å². The molecule has 1 aromatic rings. The van der Waals surface area contributed by atoms with Crippen molar-refractivity contribution in [1.29, 1.82) is 0 Å². The fraction of sp³-hybridized carbons (Fsp3) is 0.333. The van der Waals surface area contributed by atoms with Crippen LogP contribution in [0.25, 0.3) is 0 Å². The van der Waals surface area contributed by atoms with Crippen molar-refractivity contribution in [3.63, 3.8) is 0 Å². The summed E-state index contributed by atoms with van der Waals surface area (Å²) >= 11 is 5.53. The Morgan fingerprint density at radius 2 is 2.00 bits per heavy atom. The molecule has 0 spiro atoms. The zero-order chi connectivity index (χ0) is 9.30. The van der Waals surface area contributed by atoms with Crippen LogP contribution in [0, 0.1) is 5.82 Å². The molecule has 1 aromatic carbocycles. The molecule has 0 aromatic heterocycles. The van der Waals surface area contributed by atoms with Crippen molar-refractivity contribution in [1.82, 2.24) is 0 Å². The van der Waals surface area contributed by atoms with Crippen molar-refractivity contribution in [2.24, 2.45) is 0 Å². The summed E-state index contributed by atoms with van der Waals surface area (Å²) in [4.78, 5) is 0. The lowest BCUT2D eigenvalue weighted by Gasteiger charge is -2.08. The van der Waals surface area contributed by atoms with Gasteiger partial charge in [0.15, 0.2) is 0 Å². The van der Waals surface area contributed by atoms with E-state index >= 15 is 0 Å². The molecule has 0 saturated heterocycles. The van der Waals surface area contributed by atoms with Gasteiger partial charge in [0.25, 0.3) is 0 Å². The fourth-order valence-electron chi connectivity index (χ4n) is 1.02. The molecule has 0 fully saturated rings. The van der Waals surface area contributed by atoms with Gasteiger partial charge in [-0.05, 0) is 17.5 Å². The van der Waals surface area contributed by atoms with Crippen molar-refractivity contribution in [3.8, 4) is 5.75 Å². The van der Waals surface area contributed by atoms with E-state index in [0.29, 0.717) is 5.56 Å². The second kappa shape index (κ2) is 3.31. The van der Waals surface area contributed by atoms with Crippen molar-refractivity contribution in [2.75, 3.05) is 0 Å².